The Labute approximate surface area is 577 Å². The average Bonchev–Trinajstić information content (AvgIpc) is 1.59. The predicted molar refractivity (Wildman–Crippen MR) is 416 cm³/mol. The number of pyridine rings is 1. The molecular formula is C93H61N7. The van der Waals surface area contributed by atoms with Gasteiger partial charge in [0.05, 0.1) is 49.8 Å². The van der Waals surface area contributed by atoms with Crippen molar-refractivity contribution in [2.45, 2.75) is 0 Å². The van der Waals surface area contributed by atoms with Gasteiger partial charge in [-0.05, 0) is 160 Å². The van der Waals surface area contributed by atoms with E-state index >= 15 is 0 Å². The standard InChI is InChI=1S/C47H31N3.C46H30N4/c1-3-11-33(12-4-1)43-26-21-36(31-48-43)32-19-24-38(25-20-32)50-45-18-10-8-16-40(45)42-30-35(23-28-47(42)50)34-22-27-46-41(29-34)39-15-7-9-17-44(39)49(46)37-13-5-2-6-14-37;1-3-11-31(12-4-1)32-19-21-33(22-20-32)46-47-28-27-45(48-46)50-42-18-10-8-16-38(42)40-30-35(24-26-44(40)50)34-23-25-43-39(29-34)37-15-7-9-17-41(37)49(43)36-13-5-2-6-14-36/h1-31H;1-30H. The van der Waals surface area contributed by atoms with Crippen molar-refractivity contribution >= 4 is 87.2 Å². The van der Waals surface area contributed by atoms with Crippen molar-refractivity contribution in [2.24, 2.45) is 0 Å². The van der Waals surface area contributed by atoms with Crippen LogP contribution in [0.4, 0.5) is 0 Å². The molecule has 0 unspecified atom stereocenters. The lowest BCUT2D eigenvalue weighted by Gasteiger charge is -2.10. The van der Waals surface area contributed by atoms with Crippen LogP contribution in [0, 0.1) is 0 Å². The van der Waals surface area contributed by atoms with Crippen molar-refractivity contribution in [3.63, 3.8) is 0 Å². The lowest BCUT2D eigenvalue weighted by atomic mass is 10.0. The van der Waals surface area contributed by atoms with Crippen LogP contribution in [0.25, 0.3) is 177 Å². The lowest BCUT2D eigenvalue weighted by molar-refractivity contribution is 1.04. The van der Waals surface area contributed by atoms with Crippen molar-refractivity contribution in [3.8, 4) is 90.0 Å². The smallest absolute Gasteiger partial charge is 0.161 e. The van der Waals surface area contributed by atoms with Crippen LogP contribution in [0.1, 0.15) is 0 Å². The third-order valence-electron chi connectivity index (χ3n) is 19.8. The molecule has 0 aliphatic rings. The number of para-hydroxylation sites is 6. The molecule has 0 N–H and O–H groups in total. The fourth-order valence-corrected chi connectivity index (χ4v) is 15.0. The second-order valence-corrected chi connectivity index (χ2v) is 25.5. The van der Waals surface area contributed by atoms with Crippen molar-refractivity contribution < 1.29 is 0 Å². The molecule has 468 valence electrons. The van der Waals surface area contributed by atoms with E-state index in [0.717, 1.165) is 56.2 Å². The van der Waals surface area contributed by atoms with Gasteiger partial charge in [0, 0.05) is 89.2 Å². The summed E-state index contributed by atoms with van der Waals surface area (Å²) in [5.41, 5.74) is 25.4. The van der Waals surface area contributed by atoms with Gasteiger partial charge < -0.3 is 13.7 Å². The summed E-state index contributed by atoms with van der Waals surface area (Å²) in [5, 5.41) is 9.89. The Morgan fingerprint density at radius 1 is 0.190 bits per heavy atom. The summed E-state index contributed by atoms with van der Waals surface area (Å²) in [6.07, 6.45) is 3.83. The van der Waals surface area contributed by atoms with E-state index in [1.165, 1.54) is 115 Å². The summed E-state index contributed by atoms with van der Waals surface area (Å²) >= 11 is 0. The van der Waals surface area contributed by atoms with Crippen LogP contribution < -0.4 is 0 Å². The molecule has 0 fully saturated rings. The maximum absolute atomic E-state index is 5.11. The fourth-order valence-electron chi connectivity index (χ4n) is 15.0. The number of nitrogens with zero attached hydrogens (tertiary/aromatic N) is 7. The third-order valence-corrected chi connectivity index (χ3v) is 19.8. The summed E-state index contributed by atoms with van der Waals surface area (Å²) in [5.74, 6) is 1.55. The van der Waals surface area contributed by atoms with Crippen LogP contribution in [0.2, 0.25) is 0 Å². The SMILES string of the molecule is c1ccc(-c2ccc(-c3ccc(-n4c5ccccc5c5cc(-c6ccc7c(c6)c6ccccc6n7-c6ccccc6)ccc54)cc3)cn2)cc1.c1ccc(-c2ccc(-c3nccc(-n4c5ccccc5c5cc(-c6ccc7c(c6)c6ccccc6n7-c6ccccc6)ccc54)n3)cc2)cc1. The molecule has 0 radical (unpaired) electrons. The number of rotatable bonds is 10. The van der Waals surface area contributed by atoms with Gasteiger partial charge in [0.25, 0.3) is 0 Å². The monoisotopic (exact) mass is 1280 g/mol. The number of benzene rings is 14. The van der Waals surface area contributed by atoms with Gasteiger partial charge in [-0.3, -0.25) is 9.55 Å². The van der Waals surface area contributed by atoms with Crippen LogP contribution in [-0.2, 0) is 0 Å². The summed E-state index contributed by atoms with van der Waals surface area (Å²) in [6, 6.07) is 128. The normalized spacial score (nSPS) is 11.6. The van der Waals surface area contributed by atoms with Crippen molar-refractivity contribution in [2.75, 3.05) is 0 Å². The summed E-state index contributed by atoms with van der Waals surface area (Å²) in [7, 11) is 0. The molecule has 0 aliphatic carbocycles. The minimum atomic E-state index is 0.702. The zero-order valence-electron chi connectivity index (χ0n) is 54.3. The van der Waals surface area contributed by atoms with Crippen molar-refractivity contribution in [1.82, 2.24) is 33.2 Å². The van der Waals surface area contributed by atoms with Crippen LogP contribution >= 0.6 is 0 Å². The Bertz CT molecular complexity index is 6470. The van der Waals surface area contributed by atoms with E-state index in [4.69, 9.17) is 9.97 Å². The Morgan fingerprint density at radius 3 is 0.930 bits per heavy atom. The molecule has 0 saturated heterocycles. The highest BCUT2D eigenvalue weighted by Gasteiger charge is 2.20. The van der Waals surface area contributed by atoms with Gasteiger partial charge >= 0.3 is 0 Å². The van der Waals surface area contributed by atoms with Gasteiger partial charge in [-0.1, -0.05) is 237 Å². The van der Waals surface area contributed by atoms with Gasteiger partial charge in [-0.25, -0.2) is 9.97 Å². The second-order valence-electron chi connectivity index (χ2n) is 25.5. The van der Waals surface area contributed by atoms with Crippen LogP contribution in [-0.4, -0.2) is 33.2 Å². The molecule has 100 heavy (non-hydrogen) atoms. The van der Waals surface area contributed by atoms with E-state index in [1.807, 2.05) is 42.7 Å². The second kappa shape index (κ2) is 24.3. The maximum atomic E-state index is 5.11. The topological polar surface area (TPSA) is 58.4 Å². The van der Waals surface area contributed by atoms with Gasteiger partial charge in [0.1, 0.15) is 5.82 Å². The Morgan fingerprint density at radius 2 is 0.500 bits per heavy atom. The highest BCUT2D eigenvalue weighted by molar-refractivity contribution is 6.15. The van der Waals surface area contributed by atoms with E-state index in [9.17, 15) is 0 Å². The highest BCUT2D eigenvalue weighted by atomic mass is 15.1. The summed E-state index contributed by atoms with van der Waals surface area (Å²) in [4.78, 5) is 14.5. The third kappa shape index (κ3) is 10.0. The first-order valence-electron chi connectivity index (χ1n) is 34.0. The Hall–Kier alpha value is -13.5. The zero-order valence-corrected chi connectivity index (χ0v) is 54.3. The Balaban J connectivity index is 0.000000139. The van der Waals surface area contributed by atoms with Crippen LogP contribution in [0.3, 0.4) is 0 Å². The van der Waals surface area contributed by atoms with Gasteiger partial charge in [-0.2, -0.15) is 0 Å². The first-order chi connectivity index (χ1) is 49.6. The van der Waals surface area contributed by atoms with Gasteiger partial charge in [-0.15, -0.1) is 0 Å². The van der Waals surface area contributed by atoms with E-state index in [2.05, 4.69) is 351 Å². The largest absolute Gasteiger partial charge is 0.309 e. The minimum absolute atomic E-state index is 0.702. The molecule has 6 heterocycles. The number of hydrogen-bond donors (Lipinski definition) is 0. The van der Waals surface area contributed by atoms with E-state index in [0.29, 0.717) is 5.82 Å². The highest BCUT2D eigenvalue weighted by Crippen LogP contribution is 2.42. The number of aromatic nitrogens is 7. The Kier molecular flexibility index (Phi) is 14.1. The van der Waals surface area contributed by atoms with Crippen molar-refractivity contribution in [3.05, 3.63) is 370 Å². The predicted octanol–water partition coefficient (Wildman–Crippen LogP) is 23.9. The van der Waals surface area contributed by atoms with Gasteiger partial charge in [0.15, 0.2) is 5.82 Å². The van der Waals surface area contributed by atoms with Crippen molar-refractivity contribution in [1.29, 1.82) is 0 Å². The van der Waals surface area contributed by atoms with Crippen LogP contribution in [0.5, 0.6) is 0 Å². The molecule has 20 aromatic rings. The number of hydrogen-bond acceptors (Lipinski definition) is 3. The molecule has 0 spiro atoms. The minimum Gasteiger partial charge on any atom is -0.309 e. The summed E-state index contributed by atoms with van der Waals surface area (Å²) in [6.45, 7) is 0. The molecule has 0 atom stereocenters. The first kappa shape index (κ1) is 57.9. The quantitative estimate of drug-likeness (QED) is 0.137. The molecule has 6 aromatic heterocycles. The summed E-state index contributed by atoms with van der Waals surface area (Å²) < 4.78 is 9.37. The molecule has 0 aliphatic heterocycles. The maximum Gasteiger partial charge on any atom is 0.161 e. The molecule has 20 rings (SSSR count). The van der Waals surface area contributed by atoms with E-state index in [-0.39, 0.29) is 0 Å². The molecule has 0 amide bonds. The molecule has 0 saturated carbocycles. The lowest BCUT2D eigenvalue weighted by Crippen LogP contribution is -2.00. The molecule has 0 bridgehead atoms. The number of fused-ring (bicyclic) bond motifs is 12. The van der Waals surface area contributed by atoms with Crippen LogP contribution in [0.15, 0.2) is 370 Å². The molecule has 14 aromatic carbocycles. The van der Waals surface area contributed by atoms with E-state index < -0.39 is 0 Å². The van der Waals surface area contributed by atoms with E-state index in [1.54, 1.807) is 0 Å². The first-order valence-corrected chi connectivity index (χ1v) is 34.0. The fraction of sp³-hybridized carbons (Fsp3) is 0. The molecule has 7 nitrogen and oxygen atoms in total. The average molecular weight is 1280 g/mol. The molecule has 7 heteroatoms. The molecular weight excluding hydrogens is 1220 g/mol. The van der Waals surface area contributed by atoms with Gasteiger partial charge in [0.2, 0.25) is 0 Å². The zero-order chi connectivity index (χ0) is 66.0.